The van der Waals surface area contributed by atoms with Gasteiger partial charge in [0.05, 0.1) is 0 Å². The molecule has 0 saturated heterocycles. The second kappa shape index (κ2) is 6.13. The second-order valence-electron chi connectivity index (χ2n) is 5.85. The van der Waals surface area contributed by atoms with Gasteiger partial charge in [-0.25, -0.2) is 4.98 Å². The van der Waals surface area contributed by atoms with E-state index in [1.54, 1.807) is 0 Å². The van der Waals surface area contributed by atoms with Crippen molar-refractivity contribution in [2.75, 3.05) is 16.8 Å². The lowest BCUT2D eigenvalue weighted by Gasteiger charge is -2.19. The Labute approximate surface area is 146 Å². The molecular formula is C19H17ClN4. The zero-order chi connectivity index (χ0) is 16.5. The first-order valence-corrected chi connectivity index (χ1v) is 8.30. The highest BCUT2D eigenvalue weighted by Crippen LogP contribution is 2.33. The van der Waals surface area contributed by atoms with Gasteiger partial charge in [-0.05, 0) is 49.2 Å². The number of rotatable bonds is 3. The van der Waals surface area contributed by atoms with E-state index in [-0.39, 0.29) is 0 Å². The van der Waals surface area contributed by atoms with Crippen LogP contribution in [-0.4, -0.2) is 16.5 Å². The molecule has 0 amide bonds. The summed E-state index contributed by atoms with van der Waals surface area (Å²) < 4.78 is 0. The van der Waals surface area contributed by atoms with Gasteiger partial charge in [-0.1, -0.05) is 29.8 Å². The van der Waals surface area contributed by atoms with Gasteiger partial charge in [0.1, 0.15) is 5.82 Å². The van der Waals surface area contributed by atoms with Crippen LogP contribution in [0.15, 0.2) is 54.6 Å². The normalized spacial score (nSPS) is 13.0. The molecule has 0 saturated carbocycles. The van der Waals surface area contributed by atoms with E-state index in [1.165, 1.54) is 11.3 Å². The molecule has 0 unspecified atom stereocenters. The fraction of sp³-hybridized carbons (Fsp3) is 0.158. The molecule has 1 aliphatic rings. The fourth-order valence-corrected chi connectivity index (χ4v) is 3.11. The third kappa shape index (κ3) is 2.93. The van der Waals surface area contributed by atoms with Gasteiger partial charge in [0.2, 0.25) is 5.95 Å². The van der Waals surface area contributed by atoms with E-state index in [9.17, 15) is 0 Å². The fourth-order valence-electron chi connectivity index (χ4n) is 2.98. The van der Waals surface area contributed by atoms with Crippen LogP contribution in [0.2, 0.25) is 5.02 Å². The van der Waals surface area contributed by atoms with Crippen molar-refractivity contribution in [3.63, 3.8) is 0 Å². The molecule has 2 heterocycles. The van der Waals surface area contributed by atoms with Crippen LogP contribution in [0.4, 0.5) is 23.1 Å². The van der Waals surface area contributed by atoms with Gasteiger partial charge in [-0.2, -0.15) is 4.98 Å². The number of nitrogens with one attached hydrogen (secondary N) is 1. The quantitative estimate of drug-likeness (QED) is 0.740. The summed E-state index contributed by atoms with van der Waals surface area (Å²) >= 11 is 5.93. The highest BCUT2D eigenvalue weighted by atomic mass is 35.5. The van der Waals surface area contributed by atoms with Crippen LogP contribution >= 0.6 is 11.6 Å². The molecule has 120 valence electrons. The molecule has 0 spiro atoms. The van der Waals surface area contributed by atoms with Crippen LogP contribution in [0.5, 0.6) is 0 Å². The summed E-state index contributed by atoms with van der Waals surface area (Å²) in [6.45, 7) is 2.93. The Kier molecular flexibility index (Phi) is 3.82. The Morgan fingerprint density at radius 1 is 1.04 bits per heavy atom. The Morgan fingerprint density at radius 2 is 1.83 bits per heavy atom. The third-order valence-corrected chi connectivity index (χ3v) is 4.36. The summed E-state index contributed by atoms with van der Waals surface area (Å²) in [4.78, 5) is 11.4. The SMILES string of the molecule is Cc1cc(N2CCc3ccccc32)nc(Nc2ccc(Cl)cc2)n1. The largest absolute Gasteiger partial charge is 0.326 e. The first-order valence-electron chi connectivity index (χ1n) is 7.93. The highest BCUT2D eigenvalue weighted by Gasteiger charge is 2.21. The van der Waals surface area contributed by atoms with E-state index in [2.05, 4.69) is 39.5 Å². The molecule has 4 rings (SSSR count). The molecule has 2 aromatic carbocycles. The number of hydrogen-bond donors (Lipinski definition) is 1. The Bertz CT molecular complexity index is 877. The summed E-state index contributed by atoms with van der Waals surface area (Å²) in [7, 11) is 0. The van der Waals surface area contributed by atoms with E-state index in [0.717, 1.165) is 30.2 Å². The van der Waals surface area contributed by atoms with Crippen molar-refractivity contribution >= 4 is 34.7 Å². The lowest BCUT2D eigenvalue weighted by atomic mass is 10.2. The van der Waals surface area contributed by atoms with Crippen LogP contribution in [-0.2, 0) is 6.42 Å². The molecule has 1 aromatic heterocycles. The molecule has 1 N–H and O–H groups in total. The molecule has 0 bridgehead atoms. The van der Waals surface area contributed by atoms with Gasteiger partial charge in [-0.3, -0.25) is 0 Å². The maximum Gasteiger partial charge on any atom is 0.229 e. The minimum Gasteiger partial charge on any atom is -0.326 e. The number of aromatic nitrogens is 2. The number of hydrogen-bond acceptors (Lipinski definition) is 4. The molecule has 3 aromatic rings. The van der Waals surface area contributed by atoms with E-state index >= 15 is 0 Å². The lowest BCUT2D eigenvalue weighted by Crippen LogP contribution is -2.16. The number of halogens is 1. The molecular weight excluding hydrogens is 320 g/mol. The zero-order valence-electron chi connectivity index (χ0n) is 13.3. The van der Waals surface area contributed by atoms with Crippen molar-refractivity contribution in [1.82, 2.24) is 9.97 Å². The minimum absolute atomic E-state index is 0.594. The molecule has 5 heteroatoms. The van der Waals surface area contributed by atoms with Gasteiger partial charge in [0.15, 0.2) is 0 Å². The number of aryl methyl sites for hydroxylation is 1. The number of anilines is 4. The van der Waals surface area contributed by atoms with Gasteiger partial charge < -0.3 is 10.2 Å². The number of nitrogens with zero attached hydrogens (tertiary/aromatic N) is 3. The molecule has 0 aliphatic carbocycles. The smallest absolute Gasteiger partial charge is 0.229 e. The number of benzene rings is 2. The Morgan fingerprint density at radius 3 is 2.67 bits per heavy atom. The summed E-state index contributed by atoms with van der Waals surface area (Å²) in [5.41, 5.74) is 4.44. The minimum atomic E-state index is 0.594. The number of fused-ring (bicyclic) bond motifs is 1. The van der Waals surface area contributed by atoms with Crippen molar-refractivity contribution in [1.29, 1.82) is 0 Å². The zero-order valence-corrected chi connectivity index (χ0v) is 14.1. The summed E-state index contributed by atoms with van der Waals surface area (Å²) in [5, 5.41) is 3.96. The van der Waals surface area contributed by atoms with E-state index in [1.807, 2.05) is 37.3 Å². The Balaban J connectivity index is 1.66. The summed E-state index contributed by atoms with van der Waals surface area (Å²) in [6.07, 6.45) is 1.04. The monoisotopic (exact) mass is 336 g/mol. The molecule has 0 atom stereocenters. The van der Waals surface area contributed by atoms with Crippen molar-refractivity contribution in [2.24, 2.45) is 0 Å². The predicted molar refractivity (Wildman–Crippen MR) is 98.7 cm³/mol. The van der Waals surface area contributed by atoms with Crippen LogP contribution in [0, 0.1) is 6.92 Å². The molecule has 24 heavy (non-hydrogen) atoms. The predicted octanol–water partition coefficient (Wildman–Crippen LogP) is 4.88. The van der Waals surface area contributed by atoms with Crippen LogP contribution < -0.4 is 10.2 Å². The van der Waals surface area contributed by atoms with Gasteiger partial charge in [-0.15, -0.1) is 0 Å². The molecule has 1 aliphatic heterocycles. The van der Waals surface area contributed by atoms with E-state index in [0.29, 0.717) is 11.0 Å². The maximum atomic E-state index is 5.93. The van der Waals surface area contributed by atoms with Gasteiger partial charge in [0, 0.05) is 34.7 Å². The maximum absolute atomic E-state index is 5.93. The lowest BCUT2D eigenvalue weighted by molar-refractivity contribution is 0.959. The molecule has 0 radical (unpaired) electrons. The van der Waals surface area contributed by atoms with Crippen LogP contribution in [0.25, 0.3) is 0 Å². The highest BCUT2D eigenvalue weighted by molar-refractivity contribution is 6.30. The van der Waals surface area contributed by atoms with Crippen LogP contribution in [0.3, 0.4) is 0 Å². The topological polar surface area (TPSA) is 41.1 Å². The van der Waals surface area contributed by atoms with Crippen molar-refractivity contribution < 1.29 is 0 Å². The second-order valence-corrected chi connectivity index (χ2v) is 6.29. The molecule has 0 fully saturated rings. The van der Waals surface area contributed by atoms with Crippen LogP contribution in [0.1, 0.15) is 11.3 Å². The summed E-state index contributed by atoms with van der Waals surface area (Å²) in [5.74, 6) is 1.51. The van der Waals surface area contributed by atoms with Gasteiger partial charge >= 0.3 is 0 Å². The van der Waals surface area contributed by atoms with E-state index < -0.39 is 0 Å². The Hall–Kier alpha value is -2.59. The van der Waals surface area contributed by atoms with Gasteiger partial charge in [0.25, 0.3) is 0 Å². The average molecular weight is 337 g/mol. The third-order valence-electron chi connectivity index (χ3n) is 4.10. The molecule has 4 nitrogen and oxygen atoms in total. The first-order chi connectivity index (χ1) is 11.7. The van der Waals surface area contributed by atoms with E-state index in [4.69, 9.17) is 16.6 Å². The number of para-hydroxylation sites is 1. The van der Waals surface area contributed by atoms with Crippen molar-refractivity contribution in [2.45, 2.75) is 13.3 Å². The van der Waals surface area contributed by atoms with Crippen molar-refractivity contribution in [3.05, 3.63) is 70.9 Å². The standard InChI is InChI=1S/C19H17ClN4/c1-13-12-18(24-11-10-14-4-2-3-5-17(14)24)23-19(21-13)22-16-8-6-15(20)7-9-16/h2-9,12H,10-11H2,1H3,(H,21,22,23). The average Bonchev–Trinajstić information content (AvgIpc) is 3.01. The summed E-state index contributed by atoms with van der Waals surface area (Å²) in [6, 6.07) is 18.0. The van der Waals surface area contributed by atoms with Crippen molar-refractivity contribution in [3.8, 4) is 0 Å². The first kappa shape index (κ1) is 15.0.